The second kappa shape index (κ2) is 7.90. The first-order valence-electron chi connectivity index (χ1n) is 10.3. The minimum Gasteiger partial charge on any atom is -0.370 e. The first-order chi connectivity index (χ1) is 15.4. The highest BCUT2D eigenvalue weighted by atomic mass is 35.5. The quantitative estimate of drug-likeness (QED) is 0.468. The molecule has 3 aromatic heterocycles. The number of hydrogen-bond donors (Lipinski definition) is 0. The summed E-state index contributed by atoms with van der Waals surface area (Å²) in [5.74, 6) is 1.35. The largest absolute Gasteiger partial charge is 0.370 e. The Morgan fingerprint density at radius 3 is 2.84 bits per heavy atom. The highest BCUT2D eigenvalue weighted by Gasteiger charge is 2.34. The lowest BCUT2D eigenvalue weighted by molar-refractivity contribution is 0.359. The van der Waals surface area contributed by atoms with E-state index < -0.39 is 0 Å². The third-order valence-corrected chi connectivity index (χ3v) is 6.23. The van der Waals surface area contributed by atoms with Gasteiger partial charge in [0.05, 0.1) is 11.8 Å². The molecule has 0 radical (unpaired) electrons. The fourth-order valence-corrected chi connectivity index (χ4v) is 4.41. The average Bonchev–Trinajstić information content (AvgIpc) is 3.39. The minimum atomic E-state index is -0.337. The van der Waals surface area contributed by atoms with Gasteiger partial charge in [-0.2, -0.15) is 4.98 Å². The standard InChI is InChI=1S/C22H21ClN6O3/c1-13-9-28(15-5-3-4-14(23)8-15)10-16(13)21-25-18(32-26-21)11-29-12-24-17-6-7-19(30)27(2)20(17)22(29)31/h3-8,12-13,16H,9-11H2,1-2H3. The molecule has 10 heteroatoms. The van der Waals surface area contributed by atoms with E-state index >= 15 is 0 Å². The predicted octanol–water partition coefficient (Wildman–Crippen LogP) is 2.42. The molecule has 4 aromatic rings. The van der Waals surface area contributed by atoms with Crippen LogP contribution in [0.4, 0.5) is 5.69 Å². The molecule has 4 heterocycles. The van der Waals surface area contributed by atoms with Crippen LogP contribution in [-0.4, -0.2) is 37.3 Å². The minimum absolute atomic E-state index is 0.0803. The Labute approximate surface area is 187 Å². The maximum absolute atomic E-state index is 12.9. The molecular formula is C22H21ClN6O3. The average molecular weight is 453 g/mol. The normalized spacial score (nSPS) is 18.5. The van der Waals surface area contributed by atoms with E-state index in [0.717, 1.165) is 18.8 Å². The smallest absolute Gasteiger partial charge is 0.278 e. The van der Waals surface area contributed by atoms with Crippen LogP contribution in [0.1, 0.15) is 24.6 Å². The zero-order chi connectivity index (χ0) is 22.4. The SMILES string of the molecule is CC1CN(c2cccc(Cl)c2)CC1c1noc(Cn2cnc3ccc(=O)n(C)c3c2=O)n1. The number of fused-ring (bicyclic) bond motifs is 1. The van der Waals surface area contributed by atoms with Crippen LogP contribution in [0, 0.1) is 5.92 Å². The van der Waals surface area contributed by atoms with Gasteiger partial charge in [0, 0.05) is 42.8 Å². The van der Waals surface area contributed by atoms with Crippen LogP contribution in [0.15, 0.2) is 56.8 Å². The maximum atomic E-state index is 12.9. The number of hydrogen-bond acceptors (Lipinski definition) is 7. The number of aryl methyl sites for hydroxylation is 1. The van der Waals surface area contributed by atoms with Crippen LogP contribution in [0.25, 0.3) is 11.0 Å². The van der Waals surface area contributed by atoms with Crippen LogP contribution in [0.3, 0.4) is 0 Å². The Morgan fingerprint density at radius 2 is 2.03 bits per heavy atom. The summed E-state index contributed by atoms with van der Waals surface area (Å²) in [6.07, 6.45) is 1.43. The van der Waals surface area contributed by atoms with E-state index in [1.807, 2.05) is 24.3 Å². The molecule has 0 N–H and O–H groups in total. The summed E-state index contributed by atoms with van der Waals surface area (Å²) in [5, 5.41) is 4.89. The lowest BCUT2D eigenvalue weighted by Gasteiger charge is -2.18. The van der Waals surface area contributed by atoms with Crippen LogP contribution < -0.4 is 16.0 Å². The van der Waals surface area contributed by atoms with Gasteiger partial charge in [0.25, 0.3) is 11.1 Å². The molecule has 1 fully saturated rings. The molecule has 9 nitrogen and oxygen atoms in total. The maximum Gasteiger partial charge on any atom is 0.278 e. The zero-order valence-electron chi connectivity index (χ0n) is 17.6. The predicted molar refractivity (Wildman–Crippen MR) is 120 cm³/mol. The van der Waals surface area contributed by atoms with Gasteiger partial charge in [-0.15, -0.1) is 0 Å². The van der Waals surface area contributed by atoms with Crippen molar-refractivity contribution < 1.29 is 4.52 Å². The summed E-state index contributed by atoms with van der Waals surface area (Å²) in [6, 6.07) is 10.7. The van der Waals surface area contributed by atoms with Gasteiger partial charge in [-0.05, 0) is 30.2 Å². The van der Waals surface area contributed by atoms with Crippen LogP contribution in [0.2, 0.25) is 5.02 Å². The lowest BCUT2D eigenvalue weighted by atomic mass is 9.98. The first-order valence-corrected chi connectivity index (χ1v) is 10.7. The van der Waals surface area contributed by atoms with Gasteiger partial charge in [-0.1, -0.05) is 29.7 Å². The third-order valence-electron chi connectivity index (χ3n) is 6.00. The van der Waals surface area contributed by atoms with Gasteiger partial charge in [0.2, 0.25) is 5.89 Å². The van der Waals surface area contributed by atoms with Crippen molar-refractivity contribution in [3.8, 4) is 0 Å². The summed E-state index contributed by atoms with van der Waals surface area (Å²) >= 11 is 6.14. The topological polar surface area (TPSA) is 99.0 Å². The van der Waals surface area contributed by atoms with E-state index in [1.165, 1.54) is 21.5 Å². The summed E-state index contributed by atoms with van der Waals surface area (Å²) in [7, 11) is 1.55. The van der Waals surface area contributed by atoms with E-state index in [2.05, 4.69) is 26.9 Å². The number of aromatic nitrogens is 5. The molecular weight excluding hydrogens is 432 g/mol. The molecule has 32 heavy (non-hydrogen) atoms. The second-order valence-corrected chi connectivity index (χ2v) is 8.59. The molecule has 0 spiro atoms. The zero-order valence-corrected chi connectivity index (χ0v) is 18.4. The Bertz CT molecular complexity index is 1430. The van der Waals surface area contributed by atoms with E-state index in [4.69, 9.17) is 16.1 Å². The number of nitrogens with zero attached hydrogens (tertiary/aromatic N) is 6. The third kappa shape index (κ3) is 3.58. The number of anilines is 1. The van der Waals surface area contributed by atoms with Crippen LogP contribution in [-0.2, 0) is 13.6 Å². The van der Waals surface area contributed by atoms with Gasteiger partial charge in [-0.25, -0.2) is 4.98 Å². The van der Waals surface area contributed by atoms with Gasteiger partial charge in [0.1, 0.15) is 12.1 Å². The Kier molecular flexibility index (Phi) is 5.05. The molecule has 0 bridgehead atoms. The molecule has 1 saturated heterocycles. The van der Waals surface area contributed by atoms with Gasteiger partial charge in [0.15, 0.2) is 5.82 Å². The van der Waals surface area contributed by atoms with Gasteiger partial charge < -0.3 is 14.0 Å². The van der Waals surface area contributed by atoms with E-state index in [-0.39, 0.29) is 29.1 Å². The Morgan fingerprint density at radius 1 is 1.19 bits per heavy atom. The van der Waals surface area contributed by atoms with E-state index in [0.29, 0.717) is 28.2 Å². The molecule has 164 valence electrons. The number of pyridine rings is 1. The molecule has 2 atom stereocenters. The van der Waals surface area contributed by atoms with Crippen molar-refractivity contribution in [1.29, 1.82) is 0 Å². The first kappa shape index (κ1) is 20.4. The van der Waals surface area contributed by atoms with Crippen molar-refractivity contribution in [2.45, 2.75) is 19.4 Å². The molecule has 0 amide bonds. The summed E-state index contributed by atoms with van der Waals surface area (Å²) in [5.41, 5.74) is 1.15. The Hall–Kier alpha value is -3.46. The van der Waals surface area contributed by atoms with E-state index in [1.54, 1.807) is 13.1 Å². The monoisotopic (exact) mass is 452 g/mol. The number of rotatable bonds is 4. The van der Waals surface area contributed by atoms with Crippen LogP contribution in [0.5, 0.6) is 0 Å². The highest BCUT2D eigenvalue weighted by molar-refractivity contribution is 6.30. The molecule has 1 aliphatic heterocycles. The number of halogens is 1. The molecule has 2 unspecified atom stereocenters. The number of benzene rings is 1. The van der Waals surface area contributed by atoms with Crippen molar-refractivity contribution in [3.05, 3.63) is 80.2 Å². The van der Waals surface area contributed by atoms with Crippen molar-refractivity contribution in [2.75, 3.05) is 18.0 Å². The van der Waals surface area contributed by atoms with Gasteiger partial charge in [-0.3, -0.25) is 14.2 Å². The van der Waals surface area contributed by atoms with Crippen molar-refractivity contribution >= 4 is 28.3 Å². The fourth-order valence-electron chi connectivity index (χ4n) is 4.23. The van der Waals surface area contributed by atoms with Crippen LogP contribution >= 0.6 is 11.6 Å². The lowest BCUT2D eigenvalue weighted by Crippen LogP contribution is -2.28. The van der Waals surface area contributed by atoms with E-state index in [9.17, 15) is 9.59 Å². The fraction of sp³-hybridized carbons (Fsp3) is 0.318. The molecule has 0 aliphatic carbocycles. The van der Waals surface area contributed by atoms with Gasteiger partial charge >= 0.3 is 0 Å². The Balaban J connectivity index is 1.39. The molecule has 1 aliphatic rings. The highest BCUT2D eigenvalue weighted by Crippen LogP contribution is 2.34. The summed E-state index contributed by atoms with van der Waals surface area (Å²) < 4.78 is 8.12. The van der Waals surface area contributed by atoms with Crippen molar-refractivity contribution in [2.24, 2.45) is 13.0 Å². The summed E-state index contributed by atoms with van der Waals surface area (Å²) in [4.78, 5) is 35.9. The molecule has 5 rings (SSSR count). The molecule has 0 saturated carbocycles. The second-order valence-electron chi connectivity index (χ2n) is 8.16. The van der Waals surface area contributed by atoms with Crippen molar-refractivity contribution in [1.82, 2.24) is 24.3 Å². The molecule has 1 aromatic carbocycles. The summed E-state index contributed by atoms with van der Waals surface area (Å²) in [6.45, 7) is 3.84. The van der Waals surface area contributed by atoms with Crippen molar-refractivity contribution in [3.63, 3.8) is 0 Å².